The lowest BCUT2D eigenvalue weighted by molar-refractivity contribution is 0.384. The maximum atomic E-state index is 13.5. The molecule has 94 valence electrons. The van der Waals surface area contributed by atoms with Crippen LogP contribution < -0.4 is 11.2 Å². The van der Waals surface area contributed by atoms with E-state index >= 15 is 0 Å². The van der Waals surface area contributed by atoms with Gasteiger partial charge < -0.3 is 5.11 Å². The van der Waals surface area contributed by atoms with E-state index in [4.69, 9.17) is 11.6 Å². The molecule has 0 radical (unpaired) electrons. The number of hydrogen-bond acceptors (Lipinski definition) is 3. The third kappa shape index (κ3) is 1.88. The van der Waals surface area contributed by atoms with Gasteiger partial charge in [-0.15, -0.1) is 0 Å². The lowest BCUT2D eigenvalue weighted by Gasteiger charge is -2.09. The molecule has 0 unspecified atom stereocenters. The Morgan fingerprint density at radius 3 is 2.61 bits per heavy atom. The zero-order chi connectivity index (χ0) is 13.4. The Morgan fingerprint density at radius 1 is 1.28 bits per heavy atom. The zero-order valence-corrected chi connectivity index (χ0v) is 9.33. The maximum Gasteiger partial charge on any atom is 0.336 e. The molecule has 5 nitrogen and oxygen atoms in total. The molecule has 0 fully saturated rings. The van der Waals surface area contributed by atoms with Crippen molar-refractivity contribution in [3.05, 3.63) is 55.7 Å². The molecule has 0 amide bonds. The van der Waals surface area contributed by atoms with Crippen LogP contribution in [0.1, 0.15) is 0 Å². The Bertz CT molecular complexity index is 739. The first-order valence-electron chi connectivity index (χ1n) is 4.61. The van der Waals surface area contributed by atoms with E-state index in [0.29, 0.717) is 0 Å². The molecule has 2 N–H and O–H groups in total. The summed E-state index contributed by atoms with van der Waals surface area (Å²) >= 11 is 5.61. The van der Waals surface area contributed by atoms with Gasteiger partial charge in [0.15, 0.2) is 0 Å². The molecule has 0 aliphatic carbocycles. The lowest BCUT2D eigenvalue weighted by atomic mass is 10.3. The summed E-state index contributed by atoms with van der Waals surface area (Å²) in [7, 11) is 0. The topological polar surface area (TPSA) is 75.1 Å². The molecule has 1 aromatic carbocycles. The van der Waals surface area contributed by atoms with Crippen LogP contribution in [0.15, 0.2) is 27.8 Å². The van der Waals surface area contributed by atoms with E-state index in [1.807, 2.05) is 0 Å². The average Bonchev–Trinajstić information content (AvgIpc) is 2.31. The van der Waals surface area contributed by atoms with Crippen LogP contribution in [0.2, 0.25) is 5.02 Å². The van der Waals surface area contributed by atoms with Crippen molar-refractivity contribution in [3.63, 3.8) is 0 Å². The number of nitrogens with zero attached hydrogens (tertiary/aromatic N) is 1. The number of aromatic amines is 1. The van der Waals surface area contributed by atoms with Gasteiger partial charge in [0.05, 0.1) is 5.69 Å². The second-order valence-electron chi connectivity index (χ2n) is 3.33. The van der Waals surface area contributed by atoms with E-state index in [-0.39, 0.29) is 9.59 Å². The number of halogens is 3. The van der Waals surface area contributed by atoms with Gasteiger partial charge in [0, 0.05) is 5.02 Å². The summed E-state index contributed by atoms with van der Waals surface area (Å²) in [5, 5.41) is 9.46. The molecular weight excluding hydrogens is 270 g/mol. The number of rotatable bonds is 1. The van der Waals surface area contributed by atoms with Crippen LogP contribution >= 0.6 is 11.6 Å². The molecule has 0 aliphatic heterocycles. The Hall–Kier alpha value is -2.15. The third-order valence-electron chi connectivity index (χ3n) is 2.18. The summed E-state index contributed by atoms with van der Waals surface area (Å²) in [5.41, 5.74) is -3.04. The largest absolute Gasteiger partial charge is 0.492 e. The van der Waals surface area contributed by atoms with E-state index < -0.39 is 34.5 Å². The van der Waals surface area contributed by atoms with E-state index in [0.717, 1.165) is 12.1 Å². The summed E-state index contributed by atoms with van der Waals surface area (Å²) in [6, 6.07) is 3.16. The van der Waals surface area contributed by atoms with Crippen LogP contribution in [0.3, 0.4) is 0 Å². The van der Waals surface area contributed by atoms with Gasteiger partial charge in [-0.1, -0.05) is 11.6 Å². The highest BCUT2D eigenvalue weighted by Crippen LogP contribution is 2.21. The van der Waals surface area contributed by atoms with Crippen LogP contribution in [-0.4, -0.2) is 14.7 Å². The number of nitrogens with one attached hydrogen (secondary N) is 1. The highest BCUT2D eigenvalue weighted by atomic mass is 35.5. The van der Waals surface area contributed by atoms with Gasteiger partial charge in [0.25, 0.3) is 5.56 Å². The average molecular weight is 275 g/mol. The maximum absolute atomic E-state index is 13.5. The second kappa shape index (κ2) is 4.26. The first-order valence-corrected chi connectivity index (χ1v) is 4.99. The minimum atomic E-state index is -1.59. The van der Waals surface area contributed by atoms with Crippen molar-refractivity contribution in [2.45, 2.75) is 0 Å². The molecule has 1 aromatic heterocycles. The molecule has 0 saturated carbocycles. The van der Waals surface area contributed by atoms with Crippen LogP contribution in [0, 0.1) is 11.6 Å². The summed E-state index contributed by atoms with van der Waals surface area (Å²) in [6.07, 6.45) is 0. The van der Waals surface area contributed by atoms with Gasteiger partial charge in [0.1, 0.15) is 5.82 Å². The van der Waals surface area contributed by atoms with E-state index in [1.54, 1.807) is 4.98 Å². The molecular formula is C10H5ClF2N2O3. The summed E-state index contributed by atoms with van der Waals surface area (Å²) < 4.78 is 27.0. The van der Waals surface area contributed by atoms with Crippen LogP contribution in [0.25, 0.3) is 5.69 Å². The fraction of sp³-hybridized carbons (Fsp3) is 0. The van der Waals surface area contributed by atoms with Crippen molar-refractivity contribution in [2.24, 2.45) is 0 Å². The number of H-pyrrole nitrogens is 1. The first-order chi connectivity index (χ1) is 8.41. The minimum absolute atomic E-state index is 0.0734. The second-order valence-corrected chi connectivity index (χ2v) is 3.76. The third-order valence-corrected chi connectivity index (χ3v) is 2.42. The van der Waals surface area contributed by atoms with E-state index in [2.05, 4.69) is 0 Å². The standard InChI is InChI=1S/C10H5ClF2N2O3/c11-4-1-2-5(12)6(3-4)15-9(17)7(13)8(16)14-10(15)18/h1-3,17H,(H,14,16,18). The van der Waals surface area contributed by atoms with Crippen LogP contribution in [0.4, 0.5) is 8.78 Å². The van der Waals surface area contributed by atoms with Gasteiger partial charge >= 0.3 is 5.69 Å². The number of aromatic hydroxyl groups is 1. The van der Waals surface area contributed by atoms with E-state index in [9.17, 15) is 23.5 Å². The normalized spacial score (nSPS) is 10.6. The number of hydrogen-bond donors (Lipinski definition) is 2. The van der Waals surface area contributed by atoms with Gasteiger partial charge in [-0.3, -0.25) is 9.78 Å². The van der Waals surface area contributed by atoms with Crippen molar-refractivity contribution >= 4 is 11.6 Å². The Kier molecular flexibility index (Phi) is 2.92. The van der Waals surface area contributed by atoms with Crippen LogP contribution in [-0.2, 0) is 0 Å². The molecule has 0 saturated heterocycles. The highest BCUT2D eigenvalue weighted by molar-refractivity contribution is 6.30. The summed E-state index contributed by atoms with van der Waals surface area (Å²) in [6.45, 7) is 0. The molecule has 1 heterocycles. The Balaban J connectivity index is 2.88. The smallest absolute Gasteiger partial charge is 0.336 e. The molecule has 0 atom stereocenters. The summed E-state index contributed by atoms with van der Waals surface area (Å²) in [4.78, 5) is 23.9. The number of benzene rings is 1. The molecule has 2 aromatic rings. The minimum Gasteiger partial charge on any atom is -0.492 e. The fourth-order valence-corrected chi connectivity index (χ4v) is 1.55. The molecule has 8 heteroatoms. The molecule has 18 heavy (non-hydrogen) atoms. The van der Waals surface area contributed by atoms with Crippen molar-refractivity contribution < 1.29 is 13.9 Å². The monoisotopic (exact) mass is 274 g/mol. The zero-order valence-electron chi connectivity index (χ0n) is 8.58. The number of aromatic nitrogens is 2. The SMILES string of the molecule is O=c1[nH]c(=O)n(-c2cc(Cl)ccc2F)c(O)c1F. The predicted molar refractivity (Wildman–Crippen MR) is 59.3 cm³/mol. The van der Waals surface area contributed by atoms with Gasteiger partial charge in [-0.05, 0) is 18.2 Å². The van der Waals surface area contributed by atoms with E-state index in [1.165, 1.54) is 6.07 Å². The van der Waals surface area contributed by atoms with Crippen molar-refractivity contribution in [2.75, 3.05) is 0 Å². The summed E-state index contributed by atoms with van der Waals surface area (Å²) in [5.74, 6) is -3.79. The van der Waals surface area contributed by atoms with Crippen molar-refractivity contribution in [3.8, 4) is 11.6 Å². The van der Waals surface area contributed by atoms with Gasteiger partial charge in [-0.25, -0.2) is 13.8 Å². The van der Waals surface area contributed by atoms with Crippen LogP contribution in [0.5, 0.6) is 5.88 Å². The molecule has 0 aliphatic rings. The Labute approximate surface area is 103 Å². The molecule has 0 spiro atoms. The van der Waals surface area contributed by atoms with Crippen molar-refractivity contribution in [1.82, 2.24) is 9.55 Å². The molecule has 2 rings (SSSR count). The molecule has 0 bridgehead atoms. The highest BCUT2D eigenvalue weighted by Gasteiger charge is 2.17. The lowest BCUT2D eigenvalue weighted by Crippen LogP contribution is -2.31. The quantitative estimate of drug-likeness (QED) is 0.819. The fourth-order valence-electron chi connectivity index (χ4n) is 1.38. The van der Waals surface area contributed by atoms with Crippen molar-refractivity contribution in [1.29, 1.82) is 0 Å². The predicted octanol–water partition coefficient (Wildman–Crippen LogP) is 1.16. The first kappa shape index (κ1) is 12.3. The van der Waals surface area contributed by atoms with Gasteiger partial charge in [0.2, 0.25) is 11.7 Å². The van der Waals surface area contributed by atoms with Gasteiger partial charge in [-0.2, -0.15) is 4.39 Å². The Morgan fingerprint density at radius 2 is 1.94 bits per heavy atom.